The minimum atomic E-state index is -0.107. The molecule has 0 bridgehead atoms. The van der Waals surface area contributed by atoms with Gasteiger partial charge in [-0.25, -0.2) is 9.78 Å². The van der Waals surface area contributed by atoms with Crippen molar-refractivity contribution in [2.45, 2.75) is 12.8 Å². The zero-order valence-electron chi connectivity index (χ0n) is 16.4. The first-order chi connectivity index (χ1) is 14.7. The van der Waals surface area contributed by atoms with Crippen LogP contribution in [0.1, 0.15) is 12.2 Å². The molecule has 0 spiro atoms. The van der Waals surface area contributed by atoms with Gasteiger partial charge in [0.15, 0.2) is 17.3 Å². The number of fused-ring (bicyclic) bond motifs is 1. The average molecular weight is 406 g/mol. The number of aromatic nitrogens is 4. The molecule has 30 heavy (non-hydrogen) atoms. The Hall–Kier alpha value is -3.62. The zero-order valence-corrected chi connectivity index (χ0v) is 16.4. The molecule has 2 aliphatic rings. The fourth-order valence-electron chi connectivity index (χ4n) is 3.80. The van der Waals surface area contributed by atoms with Gasteiger partial charge in [-0.3, -0.25) is 10.1 Å². The molecule has 2 aromatic heterocycles. The van der Waals surface area contributed by atoms with E-state index in [1.54, 1.807) is 18.5 Å². The lowest BCUT2D eigenvalue weighted by atomic mass is 10.1. The van der Waals surface area contributed by atoms with Crippen LogP contribution in [0.25, 0.3) is 11.4 Å². The molecule has 2 aliphatic heterocycles. The van der Waals surface area contributed by atoms with Gasteiger partial charge < -0.3 is 19.7 Å². The molecule has 2 amide bonds. The maximum Gasteiger partial charge on any atom is 0.321 e. The standard InChI is InChI=1S/C21H22N6O3/c28-21(23-16-1-2-17-18(12-16)30-10-9-29-17)27-8-5-14(13-27)11-19-24-20(26-25-19)15-3-6-22-7-4-15/h1-4,6-7,12,14H,5,8-11,13H2,(H,23,28)(H,24,25,26). The van der Waals surface area contributed by atoms with Crippen LogP contribution in [0.2, 0.25) is 0 Å². The van der Waals surface area contributed by atoms with Gasteiger partial charge in [-0.2, -0.15) is 5.10 Å². The summed E-state index contributed by atoms with van der Waals surface area (Å²) in [6, 6.07) is 9.10. The summed E-state index contributed by atoms with van der Waals surface area (Å²) in [6.07, 6.45) is 5.13. The number of aromatic amines is 1. The van der Waals surface area contributed by atoms with Crippen molar-refractivity contribution in [3.05, 3.63) is 48.5 Å². The monoisotopic (exact) mass is 406 g/mol. The van der Waals surface area contributed by atoms with E-state index in [0.717, 1.165) is 24.2 Å². The van der Waals surface area contributed by atoms with E-state index < -0.39 is 0 Å². The second-order valence-electron chi connectivity index (χ2n) is 7.44. The van der Waals surface area contributed by atoms with Crippen molar-refractivity contribution in [1.29, 1.82) is 0 Å². The second kappa shape index (κ2) is 8.02. The van der Waals surface area contributed by atoms with Crippen LogP contribution in [0.5, 0.6) is 11.5 Å². The number of anilines is 1. The largest absolute Gasteiger partial charge is 0.486 e. The zero-order chi connectivity index (χ0) is 20.3. The predicted molar refractivity (Wildman–Crippen MR) is 109 cm³/mol. The summed E-state index contributed by atoms with van der Waals surface area (Å²) in [4.78, 5) is 23.1. The van der Waals surface area contributed by atoms with Crippen molar-refractivity contribution in [3.63, 3.8) is 0 Å². The van der Waals surface area contributed by atoms with E-state index >= 15 is 0 Å². The Morgan fingerprint density at radius 1 is 1.17 bits per heavy atom. The normalized spacial score (nSPS) is 17.7. The number of nitrogens with one attached hydrogen (secondary N) is 2. The summed E-state index contributed by atoms with van der Waals surface area (Å²) in [5, 5.41) is 10.3. The van der Waals surface area contributed by atoms with Crippen LogP contribution < -0.4 is 14.8 Å². The molecular formula is C21H22N6O3. The molecule has 1 fully saturated rings. The highest BCUT2D eigenvalue weighted by molar-refractivity contribution is 5.90. The number of carbonyl (C=O) groups excluding carboxylic acids is 1. The van der Waals surface area contributed by atoms with Crippen LogP contribution in [-0.4, -0.2) is 57.4 Å². The van der Waals surface area contributed by atoms with Crippen molar-refractivity contribution in [2.75, 3.05) is 31.6 Å². The fraction of sp³-hybridized carbons (Fsp3) is 0.333. The number of likely N-dealkylation sites (tertiary alicyclic amines) is 1. The third kappa shape index (κ3) is 3.91. The van der Waals surface area contributed by atoms with Gasteiger partial charge in [0.2, 0.25) is 0 Å². The first-order valence-corrected chi connectivity index (χ1v) is 10.0. The molecule has 154 valence electrons. The highest BCUT2D eigenvalue weighted by atomic mass is 16.6. The summed E-state index contributed by atoms with van der Waals surface area (Å²) < 4.78 is 11.1. The van der Waals surface area contributed by atoms with Crippen molar-refractivity contribution in [2.24, 2.45) is 5.92 Å². The van der Waals surface area contributed by atoms with Gasteiger partial charge in [0.1, 0.15) is 19.0 Å². The third-order valence-electron chi connectivity index (χ3n) is 5.32. The third-order valence-corrected chi connectivity index (χ3v) is 5.32. The van der Waals surface area contributed by atoms with E-state index in [2.05, 4.69) is 25.5 Å². The van der Waals surface area contributed by atoms with Crippen LogP contribution in [-0.2, 0) is 6.42 Å². The van der Waals surface area contributed by atoms with Gasteiger partial charge in [0.25, 0.3) is 0 Å². The van der Waals surface area contributed by atoms with Crippen molar-refractivity contribution < 1.29 is 14.3 Å². The fourth-order valence-corrected chi connectivity index (χ4v) is 3.80. The quantitative estimate of drug-likeness (QED) is 0.690. The molecule has 1 atom stereocenters. The van der Waals surface area contributed by atoms with Crippen LogP contribution in [0.3, 0.4) is 0 Å². The molecule has 9 nitrogen and oxygen atoms in total. The van der Waals surface area contributed by atoms with Crippen LogP contribution in [0.15, 0.2) is 42.7 Å². The van der Waals surface area contributed by atoms with Crippen LogP contribution in [0, 0.1) is 5.92 Å². The van der Waals surface area contributed by atoms with Gasteiger partial charge in [-0.05, 0) is 36.6 Å². The number of benzene rings is 1. The van der Waals surface area contributed by atoms with Crippen LogP contribution in [0.4, 0.5) is 10.5 Å². The van der Waals surface area contributed by atoms with Gasteiger partial charge in [0.05, 0.1) is 0 Å². The Balaban J connectivity index is 1.17. The molecule has 0 radical (unpaired) electrons. The highest BCUT2D eigenvalue weighted by Crippen LogP contribution is 2.33. The number of hydrogen-bond donors (Lipinski definition) is 2. The highest BCUT2D eigenvalue weighted by Gasteiger charge is 2.27. The lowest BCUT2D eigenvalue weighted by Gasteiger charge is -2.20. The number of urea groups is 1. The van der Waals surface area contributed by atoms with Gasteiger partial charge in [0, 0.05) is 49.2 Å². The van der Waals surface area contributed by atoms with Gasteiger partial charge in [-0.15, -0.1) is 0 Å². The van der Waals surface area contributed by atoms with E-state index in [1.165, 1.54) is 0 Å². The summed E-state index contributed by atoms with van der Waals surface area (Å²) in [7, 11) is 0. The van der Waals surface area contributed by atoms with Crippen molar-refractivity contribution >= 4 is 11.7 Å². The molecule has 9 heteroatoms. The maximum atomic E-state index is 12.7. The SMILES string of the molecule is O=C(Nc1ccc2c(c1)OCCO2)N1CCC(Cc2nc(-c3ccncc3)n[nH]2)C1. The second-order valence-corrected chi connectivity index (χ2v) is 7.44. The Kier molecular flexibility index (Phi) is 4.92. The molecule has 0 saturated carbocycles. The Morgan fingerprint density at radius 3 is 2.87 bits per heavy atom. The Bertz CT molecular complexity index is 1040. The number of amides is 2. The van der Waals surface area contributed by atoms with E-state index in [1.807, 2.05) is 29.2 Å². The summed E-state index contributed by atoms with van der Waals surface area (Å²) >= 11 is 0. The molecule has 2 N–H and O–H groups in total. The maximum absolute atomic E-state index is 12.7. The molecule has 5 rings (SSSR count). The van der Waals surface area contributed by atoms with Crippen molar-refractivity contribution in [3.8, 4) is 22.9 Å². The number of H-pyrrole nitrogens is 1. The molecule has 0 aliphatic carbocycles. The molecule has 1 saturated heterocycles. The minimum Gasteiger partial charge on any atom is -0.486 e. The summed E-state index contributed by atoms with van der Waals surface area (Å²) in [6.45, 7) is 2.46. The first kappa shape index (κ1) is 18.4. The van der Waals surface area contributed by atoms with Gasteiger partial charge in [-0.1, -0.05) is 0 Å². The van der Waals surface area contributed by atoms with Crippen LogP contribution >= 0.6 is 0 Å². The topological polar surface area (TPSA) is 105 Å². The molecule has 3 aromatic rings. The first-order valence-electron chi connectivity index (χ1n) is 10.0. The predicted octanol–water partition coefficient (Wildman–Crippen LogP) is 2.73. The minimum absolute atomic E-state index is 0.107. The van der Waals surface area contributed by atoms with E-state index in [0.29, 0.717) is 55.2 Å². The Labute approximate surface area is 173 Å². The number of hydrogen-bond acceptors (Lipinski definition) is 6. The molecule has 1 unspecified atom stereocenters. The molecule has 1 aromatic carbocycles. The number of carbonyl (C=O) groups is 1. The summed E-state index contributed by atoms with van der Waals surface area (Å²) in [5.41, 5.74) is 1.63. The Morgan fingerprint density at radius 2 is 2.00 bits per heavy atom. The van der Waals surface area contributed by atoms with E-state index in [9.17, 15) is 4.79 Å². The number of pyridine rings is 1. The molecular weight excluding hydrogens is 384 g/mol. The molecule has 4 heterocycles. The van der Waals surface area contributed by atoms with Crippen molar-refractivity contribution in [1.82, 2.24) is 25.1 Å². The number of rotatable bonds is 4. The smallest absolute Gasteiger partial charge is 0.321 e. The van der Waals surface area contributed by atoms with E-state index in [4.69, 9.17) is 9.47 Å². The number of nitrogens with zero attached hydrogens (tertiary/aromatic N) is 4. The lowest BCUT2D eigenvalue weighted by Crippen LogP contribution is -2.33. The van der Waals surface area contributed by atoms with E-state index in [-0.39, 0.29) is 6.03 Å². The average Bonchev–Trinajstić information content (AvgIpc) is 3.45. The van der Waals surface area contributed by atoms with Gasteiger partial charge >= 0.3 is 6.03 Å². The number of ether oxygens (including phenoxy) is 2. The summed E-state index contributed by atoms with van der Waals surface area (Å²) in [5.74, 6) is 3.21. The lowest BCUT2D eigenvalue weighted by molar-refractivity contribution is 0.171.